The quantitative estimate of drug-likeness (QED) is 0.0632. The van der Waals surface area contributed by atoms with Crippen LogP contribution in [0.3, 0.4) is 0 Å². The van der Waals surface area contributed by atoms with Crippen molar-refractivity contribution in [3.8, 4) is 10.4 Å². The fourth-order valence-electron chi connectivity index (χ4n) is 10.8. The van der Waals surface area contributed by atoms with Gasteiger partial charge >= 0.3 is 0 Å². The summed E-state index contributed by atoms with van der Waals surface area (Å²) in [5.41, 5.74) is 6.64. The highest BCUT2D eigenvalue weighted by molar-refractivity contribution is 7.13. The molecule has 4 aromatic heterocycles. The van der Waals surface area contributed by atoms with Gasteiger partial charge in [-0.15, -0.1) is 11.3 Å². The molecule has 3 fully saturated rings. The first-order valence-corrected chi connectivity index (χ1v) is 27.3. The van der Waals surface area contributed by atoms with E-state index in [1.165, 1.54) is 12.8 Å². The molecule has 1 spiro atoms. The van der Waals surface area contributed by atoms with Crippen molar-refractivity contribution in [1.29, 1.82) is 0 Å². The molecule has 3 aliphatic heterocycles. The summed E-state index contributed by atoms with van der Waals surface area (Å²) in [6.45, 7) is 25.2. The molecule has 8 rings (SSSR count). The van der Waals surface area contributed by atoms with Gasteiger partial charge in [0.25, 0.3) is 0 Å². The van der Waals surface area contributed by atoms with E-state index in [0.29, 0.717) is 50.7 Å². The second-order valence-corrected chi connectivity index (χ2v) is 22.9. The number of fused-ring (bicyclic) bond motifs is 1. The van der Waals surface area contributed by atoms with Gasteiger partial charge in [0.1, 0.15) is 41.7 Å². The molecule has 394 valence electrons. The number of anilines is 3. The summed E-state index contributed by atoms with van der Waals surface area (Å²) in [5.74, 6) is 2.54. The van der Waals surface area contributed by atoms with Gasteiger partial charge < -0.3 is 44.7 Å². The minimum Gasteiger partial charge on any atom is -0.381 e. The summed E-state index contributed by atoms with van der Waals surface area (Å²) >= 11 is 1.61. The molecule has 1 aromatic carbocycles. The number of pyridine rings is 1. The second kappa shape index (κ2) is 23.8. The van der Waals surface area contributed by atoms with Crippen LogP contribution in [-0.4, -0.2) is 135 Å². The molecule has 0 saturated carbocycles. The van der Waals surface area contributed by atoms with Crippen molar-refractivity contribution in [2.45, 2.75) is 131 Å². The maximum absolute atomic E-state index is 14.2. The van der Waals surface area contributed by atoms with Gasteiger partial charge in [-0.05, 0) is 127 Å². The number of carbonyl (C=O) groups is 3. The Labute approximate surface area is 435 Å². The molecule has 3 saturated heterocycles. The van der Waals surface area contributed by atoms with Crippen LogP contribution in [0.4, 0.5) is 17.6 Å². The normalized spacial score (nSPS) is 19.2. The minimum absolute atomic E-state index is 0.140. The van der Waals surface area contributed by atoms with E-state index in [1.54, 1.807) is 16.2 Å². The fraction of sp³-hybridized carbons (Fsp3) is 0.600. The van der Waals surface area contributed by atoms with Crippen LogP contribution in [0.2, 0.25) is 0 Å². The maximum atomic E-state index is 14.2. The predicted molar refractivity (Wildman–Crippen MR) is 288 cm³/mol. The monoisotopic (exact) mass is 1020 g/mol. The number of ether oxygens (including phenoxy) is 2. The molecule has 3 aliphatic rings. The highest BCUT2D eigenvalue weighted by Crippen LogP contribution is 2.42. The molecule has 0 bridgehead atoms. The summed E-state index contributed by atoms with van der Waals surface area (Å²) < 4.78 is 13.9. The van der Waals surface area contributed by atoms with Crippen LogP contribution in [0, 0.1) is 30.6 Å². The Morgan fingerprint density at radius 3 is 2.27 bits per heavy atom. The van der Waals surface area contributed by atoms with Crippen LogP contribution in [0.1, 0.15) is 123 Å². The smallest absolute Gasteiger partial charge is 0.246 e. The van der Waals surface area contributed by atoms with Gasteiger partial charge in [0.2, 0.25) is 23.7 Å². The number of aryl methyl sites for hydroxylation is 2. The van der Waals surface area contributed by atoms with E-state index in [4.69, 9.17) is 14.5 Å². The molecule has 0 aliphatic carbocycles. The largest absolute Gasteiger partial charge is 0.381 e. The Hall–Kier alpha value is -5.56. The van der Waals surface area contributed by atoms with E-state index in [9.17, 15) is 14.4 Å². The minimum atomic E-state index is -0.823. The topological polar surface area (TPSA) is 185 Å². The van der Waals surface area contributed by atoms with Crippen LogP contribution in [0.5, 0.6) is 0 Å². The van der Waals surface area contributed by atoms with Gasteiger partial charge in [0, 0.05) is 64.3 Å². The highest BCUT2D eigenvalue weighted by Gasteiger charge is 2.44. The van der Waals surface area contributed by atoms with Crippen molar-refractivity contribution in [2.75, 3.05) is 75.9 Å². The zero-order valence-electron chi connectivity index (χ0n) is 44.6. The average Bonchev–Trinajstić information content (AvgIpc) is 4.08. The molecule has 5 aromatic rings. The van der Waals surface area contributed by atoms with Gasteiger partial charge in [-0.1, -0.05) is 52.0 Å². The number of likely N-dealkylation sites (tertiary alicyclic amines) is 2. The molecule has 73 heavy (non-hydrogen) atoms. The Morgan fingerprint density at radius 1 is 0.863 bits per heavy atom. The summed E-state index contributed by atoms with van der Waals surface area (Å²) in [4.78, 5) is 72.0. The van der Waals surface area contributed by atoms with Crippen molar-refractivity contribution >= 4 is 57.7 Å². The number of amides is 3. The number of aromatic nitrogens is 6. The standard InChI is InChI=1S/C55H78N12O5S/c1-36(2)67-40(6)60-43-32-57-47(31-44(43)67)61-46-16-21-56-53(62-46)65-25-19-55(20-26-65)17-23-64(24-18-55)22-10-27-71-28-11-29-72-34-48(68)63-50(54(7,8)9)52(70)66-33-37(3)30-45(66)51(69)59-38(4)41-12-14-42(15-13-41)49-39(5)58-35-73-49/h12-16,21,31-32,35-38,45,50H,10-11,17-20,22-30,33-34H2,1-9H3,(H,59,69)(H,63,68)(H,56,57,61,62)/t37-,38+,45+,50-/m1/s1. The van der Waals surface area contributed by atoms with Crippen molar-refractivity contribution in [2.24, 2.45) is 16.7 Å². The fourth-order valence-corrected chi connectivity index (χ4v) is 11.7. The number of nitrogens with one attached hydrogen (secondary N) is 3. The van der Waals surface area contributed by atoms with Crippen molar-refractivity contribution in [1.82, 2.24) is 49.9 Å². The summed E-state index contributed by atoms with van der Waals surface area (Å²) in [7, 11) is 0. The van der Waals surface area contributed by atoms with Gasteiger partial charge in [0.05, 0.1) is 33.8 Å². The third-order valence-corrected chi connectivity index (χ3v) is 16.0. The molecule has 0 unspecified atom stereocenters. The van der Waals surface area contributed by atoms with E-state index in [0.717, 1.165) is 108 Å². The number of hydrogen-bond acceptors (Lipinski definition) is 14. The Morgan fingerprint density at radius 2 is 1.58 bits per heavy atom. The molecule has 4 atom stereocenters. The zero-order valence-corrected chi connectivity index (χ0v) is 45.4. The first-order chi connectivity index (χ1) is 35.0. The number of thiazole rings is 1. The van der Waals surface area contributed by atoms with E-state index >= 15 is 0 Å². The third-order valence-electron chi connectivity index (χ3n) is 15.1. The van der Waals surface area contributed by atoms with Crippen LogP contribution in [0.15, 0.2) is 54.3 Å². The van der Waals surface area contributed by atoms with Crippen LogP contribution in [0.25, 0.3) is 21.5 Å². The van der Waals surface area contributed by atoms with Crippen LogP contribution < -0.4 is 20.9 Å². The predicted octanol–water partition coefficient (Wildman–Crippen LogP) is 8.43. The van der Waals surface area contributed by atoms with Crippen molar-refractivity contribution in [3.63, 3.8) is 0 Å². The Kier molecular flexibility index (Phi) is 17.5. The SMILES string of the molecule is Cc1ncsc1-c1ccc([C@H](C)NC(=O)[C@@H]2C[C@@H](C)CN2C(=O)[C@@H](NC(=O)COCCCOCCCN2CCC3(CC2)CCN(c2nccc(Nc4cc5c(cn4)nc(C)n5C(C)C)n2)CC3)C(C)(C)C)cc1. The first-order valence-electron chi connectivity index (χ1n) is 26.4. The van der Waals surface area contributed by atoms with E-state index in [2.05, 4.69) is 83.2 Å². The Bertz CT molecular complexity index is 2650. The van der Waals surface area contributed by atoms with E-state index < -0.39 is 17.5 Å². The van der Waals surface area contributed by atoms with Crippen molar-refractivity contribution < 1.29 is 23.9 Å². The van der Waals surface area contributed by atoms with Gasteiger partial charge in [-0.3, -0.25) is 14.4 Å². The second-order valence-electron chi connectivity index (χ2n) is 22.1. The first kappa shape index (κ1) is 53.7. The number of benzene rings is 1. The molecular weight excluding hydrogens is 941 g/mol. The maximum Gasteiger partial charge on any atom is 0.246 e. The molecule has 17 nitrogen and oxygen atoms in total. The number of piperidine rings is 2. The lowest BCUT2D eigenvalue weighted by Gasteiger charge is -2.47. The van der Waals surface area contributed by atoms with Crippen molar-refractivity contribution in [3.05, 3.63) is 71.4 Å². The number of hydrogen-bond donors (Lipinski definition) is 3. The van der Waals surface area contributed by atoms with Gasteiger partial charge in [-0.25, -0.2) is 19.9 Å². The van der Waals surface area contributed by atoms with E-state index in [1.807, 2.05) is 83.7 Å². The molecule has 7 heterocycles. The number of rotatable bonds is 20. The molecular formula is C55H78N12O5S. The number of imidazole rings is 1. The lowest BCUT2D eigenvalue weighted by atomic mass is 9.71. The lowest BCUT2D eigenvalue weighted by Crippen LogP contribution is -2.58. The number of carbonyl (C=O) groups excluding carboxylic acids is 3. The van der Waals surface area contributed by atoms with Gasteiger partial charge in [-0.2, -0.15) is 4.98 Å². The average molecular weight is 1020 g/mol. The van der Waals surface area contributed by atoms with Gasteiger partial charge in [0.15, 0.2) is 0 Å². The summed E-state index contributed by atoms with van der Waals surface area (Å²) in [6.07, 6.45) is 10.5. The lowest BCUT2D eigenvalue weighted by molar-refractivity contribution is -0.144. The molecule has 3 N–H and O–H groups in total. The molecule has 3 amide bonds. The third kappa shape index (κ3) is 13.4. The highest BCUT2D eigenvalue weighted by atomic mass is 32.1. The molecule has 0 radical (unpaired) electrons. The Balaban J connectivity index is 0.691. The molecule has 18 heteroatoms. The van der Waals surface area contributed by atoms with Crippen LogP contribution >= 0.6 is 11.3 Å². The summed E-state index contributed by atoms with van der Waals surface area (Å²) in [6, 6.07) is 10.7. The van der Waals surface area contributed by atoms with E-state index in [-0.39, 0.29) is 36.3 Å². The number of nitrogens with zero attached hydrogens (tertiary/aromatic N) is 9. The van der Waals surface area contributed by atoms with Crippen LogP contribution in [-0.2, 0) is 23.9 Å². The summed E-state index contributed by atoms with van der Waals surface area (Å²) in [5, 5.41) is 9.51. The zero-order chi connectivity index (χ0) is 51.9.